The van der Waals surface area contributed by atoms with E-state index in [1.807, 2.05) is 6.92 Å². The molecule has 2 amide bonds. The van der Waals surface area contributed by atoms with Gasteiger partial charge < -0.3 is 25.4 Å². The van der Waals surface area contributed by atoms with Gasteiger partial charge in [-0.1, -0.05) is 50.1 Å². The van der Waals surface area contributed by atoms with Crippen LogP contribution in [0.25, 0.3) is 0 Å². The minimum atomic E-state index is -0.828. The van der Waals surface area contributed by atoms with Crippen LogP contribution < -0.4 is 10.6 Å². The third-order valence-corrected chi connectivity index (χ3v) is 8.94. The number of carboxylic acid groups (broad SMARTS) is 1. The van der Waals surface area contributed by atoms with Gasteiger partial charge in [0.25, 0.3) is 5.91 Å². The molecule has 13 heteroatoms. The maximum Gasteiger partial charge on any atom is 0.307 e. The molecule has 232 valence electrons. The van der Waals surface area contributed by atoms with Crippen LogP contribution in [-0.4, -0.2) is 82.3 Å². The van der Waals surface area contributed by atoms with Crippen molar-refractivity contribution in [1.29, 1.82) is 5.41 Å². The van der Waals surface area contributed by atoms with Crippen molar-refractivity contribution < 1.29 is 29.0 Å². The van der Waals surface area contributed by atoms with Gasteiger partial charge in [-0.2, -0.15) is 4.99 Å². The number of halogens is 1. The first-order valence-corrected chi connectivity index (χ1v) is 15.1. The zero-order valence-corrected chi connectivity index (χ0v) is 27.5. The number of thioether (sulfide) groups is 1. The van der Waals surface area contributed by atoms with E-state index in [1.165, 1.54) is 25.3 Å². The lowest BCUT2D eigenvalue weighted by molar-refractivity contribution is -0.142. The highest BCUT2D eigenvalue weighted by molar-refractivity contribution is 14.0. The van der Waals surface area contributed by atoms with Gasteiger partial charge in [0.05, 0.1) is 19.4 Å². The van der Waals surface area contributed by atoms with Gasteiger partial charge in [0.15, 0.2) is 5.17 Å². The Kier molecular flexibility index (Phi) is 14.7. The Labute approximate surface area is 268 Å². The number of carboxylic acids is 1. The number of ether oxygens (including phenoxy) is 1. The van der Waals surface area contributed by atoms with Crippen molar-refractivity contribution >= 4 is 70.5 Å². The lowest BCUT2D eigenvalue weighted by atomic mass is 9.93. The molecule has 0 spiro atoms. The molecular formula is C29H42IN5O6S. The maximum absolute atomic E-state index is 13.2. The van der Waals surface area contributed by atoms with Gasteiger partial charge in [0, 0.05) is 36.3 Å². The molecule has 0 bridgehead atoms. The molecule has 2 aliphatic rings. The summed E-state index contributed by atoms with van der Waals surface area (Å²) in [6.07, 6.45) is 6.56. The van der Waals surface area contributed by atoms with Gasteiger partial charge in [-0.25, -0.2) is 0 Å². The number of nitrogens with zero attached hydrogens (tertiary/aromatic N) is 2. The largest absolute Gasteiger partial charge is 0.481 e. The molecular weight excluding hydrogens is 673 g/mol. The van der Waals surface area contributed by atoms with E-state index in [9.17, 15) is 19.2 Å². The molecule has 1 aliphatic carbocycles. The molecule has 2 fully saturated rings. The first-order chi connectivity index (χ1) is 19.6. The lowest BCUT2D eigenvalue weighted by Gasteiger charge is -2.36. The topological polar surface area (TPSA) is 161 Å². The van der Waals surface area contributed by atoms with Crippen LogP contribution in [0.15, 0.2) is 29.3 Å². The van der Waals surface area contributed by atoms with Crippen molar-refractivity contribution in [2.75, 3.05) is 20.2 Å². The number of rotatable bonds is 12. The summed E-state index contributed by atoms with van der Waals surface area (Å²) in [7, 11) is 1.31. The molecule has 3 unspecified atom stereocenters. The van der Waals surface area contributed by atoms with Crippen molar-refractivity contribution in [1.82, 2.24) is 15.5 Å². The number of carbonyl (C=O) groups excluding carboxylic acids is 3. The molecule has 1 saturated heterocycles. The monoisotopic (exact) mass is 715 g/mol. The number of benzene rings is 1. The van der Waals surface area contributed by atoms with E-state index in [1.54, 1.807) is 31.2 Å². The van der Waals surface area contributed by atoms with Crippen LogP contribution >= 0.6 is 35.7 Å². The molecule has 1 aliphatic heterocycles. The normalized spacial score (nSPS) is 20.4. The summed E-state index contributed by atoms with van der Waals surface area (Å²) in [5.74, 6) is -2.06. The van der Waals surface area contributed by atoms with Crippen LogP contribution in [0, 0.1) is 11.3 Å². The first-order valence-electron chi connectivity index (χ1n) is 14.2. The van der Waals surface area contributed by atoms with E-state index in [4.69, 9.17) is 10.5 Å². The van der Waals surface area contributed by atoms with Crippen LogP contribution in [0.2, 0.25) is 0 Å². The predicted molar refractivity (Wildman–Crippen MR) is 174 cm³/mol. The molecule has 0 aromatic heterocycles. The molecule has 4 N–H and O–H groups in total. The second-order valence-electron chi connectivity index (χ2n) is 10.6. The number of carbonyl (C=O) groups is 4. The van der Waals surface area contributed by atoms with Gasteiger partial charge in [-0.3, -0.25) is 24.6 Å². The Hall–Kier alpha value is -2.68. The molecule has 1 heterocycles. The van der Waals surface area contributed by atoms with E-state index >= 15 is 0 Å². The summed E-state index contributed by atoms with van der Waals surface area (Å²) in [5.41, 5.74) is 0.990. The van der Waals surface area contributed by atoms with Crippen LogP contribution in [-0.2, 0) is 19.1 Å². The van der Waals surface area contributed by atoms with Crippen molar-refractivity contribution in [3.05, 3.63) is 35.4 Å². The van der Waals surface area contributed by atoms with E-state index < -0.39 is 29.0 Å². The van der Waals surface area contributed by atoms with Crippen molar-refractivity contribution in [2.24, 2.45) is 10.9 Å². The number of amides is 2. The summed E-state index contributed by atoms with van der Waals surface area (Å²) >= 11 is 1.29. The standard InChI is InChI=1S/C29H41N5O6S.HI/c1-18(28(38)39)8-7-16-31-25(30)20-11-13-21(14-12-20)26(36)33-29-34(22-9-5-4-6-10-22)19(2)24(41-29)27(37)32-17-15-23(35)40-3;/h11-14,18-19,22,24H,4-10,15-17H2,1-3H3,(H2,30,31)(H,32,37)(H,38,39);1H. The lowest BCUT2D eigenvalue weighted by Crippen LogP contribution is -2.47. The number of amidine groups is 2. The quantitative estimate of drug-likeness (QED) is 0.0824. The van der Waals surface area contributed by atoms with Gasteiger partial charge in [-0.05, 0) is 44.7 Å². The van der Waals surface area contributed by atoms with Crippen molar-refractivity contribution in [3.8, 4) is 0 Å². The minimum Gasteiger partial charge on any atom is -0.481 e. The van der Waals surface area contributed by atoms with E-state index in [-0.39, 0.29) is 60.8 Å². The Balaban J connectivity index is 0.00000616. The zero-order valence-electron chi connectivity index (χ0n) is 24.4. The summed E-state index contributed by atoms with van der Waals surface area (Å²) in [5, 5.41) is 23.1. The predicted octanol–water partition coefficient (Wildman–Crippen LogP) is 4.03. The zero-order chi connectivity index (χ0) is 29.9. The number of hydrogen-bond donors (Lipinski definition) is 4. The molecule has 11 nitrogen and oxygen atoms in total. The fourth-order valence-electron chi connectivity index (χ4n) is 5.07. The third kappa shape index (κ3) is 9.96. The highest BCUT2D eigenvalue weighted by atomic mass is 127. The second-order valence-corrected chi connectivity index (χ2v) is 11.7. The molecule has 0 radical (unpaired) electrons. The Morgan fingerprint density at radius 3 is 2.36 bits per heavy atom. The highest BCUT2D eigenvalue weighted by Crippen LogP contribution is 2.37. The molecule has 3 rings (SSSR count). The van der Waals surface area contributed by atoms with Gasteiger partial charge in [-0.15, -0.1) is 24.0 Å². The molecule has 1 saturated carbocycles. The second kappa shape index (κ2) is 17.4. The van der Waals surface area contributed by atoms with Crippen LogP contribution in [0.4, 0.5) is 0 Å². The maximum atomic E-state index is 13.2. The SMILES string of the molecule is COC(=O)CCNC(=O)C1SC(=NC(=O)c2ccc(C(=N)NCCCC(C)C(=O)O)cc2)N(C2CCCCC2)C1C.I. The number of esters is 1. The van der Waals surface area contributed by atoms with E-state index in [2.05, 4.69) is 25.3 Å². The molecule has 1 aromatic carbocycles. The first kappa shape index (κ1) is 35.5. The Morgan fingerprint density at radius 1 is 1.10 bits per heavy atom. The fourth-order valence-corrected chi connectivity index (χ4v) is 6.38. The fraction of sp³-hybridized carbons (Fsp3) is 0.586. The van der Waals surface area contributed by atoms with Gasteiger partial charge in [0.2, 0.25) is 5.91 Å². The van der Waals surface area contributed by atoms with Crippen molar-refractivity contribution in [2.45, 2.75) is 82.5 Å². The molecule has 42 heavy (non-hydrogen) atoms. The average Bonchev–Trinajstić information content (AvgIpc) is 3.30. The highest BCUT2D eigenvalue weighted by Gasteiger charge is 2.44. The van der Waals surface area contributed by atoms with E-state index in [0.29, 0.717) is 35.7 Å². The van der Waals surface area contributed by atoms with Crippen LogP contribution in [0.3, 0.4) is 0 Å². The molecule has 1 aromatic rings. The summed E-state index contributed by atoms with van der Waals surface area (Å²) in [6.45, 7) is 4.31. The number of aliphatic carboxylic acids is 1. The van der Waals surface area contributed by atoms with E-state index in [0.717, 1.165) is 25.7 Å². The van der Waals surface area contributed by atoms with Gasteiger partial charge >= 0.3 is 11.9 Å². The molecule has 3 atom stereocenters. The average molecular weight is 716 g/mol. The Bertz CT molecular complexity index is 1140. The minimum absolute atomic E-state index is 0. The number of hydrogen-bond acceptors (Lipinski definition) is 7. The van der Waals surface area contributed by atoms with Crippen LogP contribution in [0.1, 0.15) is 81.1 Å². The number of aliphatic imine (C=N–C) groups is 1. The van der Waals surface area contributed by atoms with Gasteiger partial charge in [0.1, 0.15) is 11.1 Å². The van der Waals surface area contributed by atoms with Crippen LogP contribution in [0.5, 0.6) is 0 Å². The number of nitrogens with one attached hydrogen (secondary N) is 3. The summed E-state index contributed by atoms with van der Waals surface area (Å²) in [4.78, 5) is 55.2. The Morgan fingerprint density at radius 2 is 1.74 bits per heavy atom. The van der Waals surface area contributed by atoms with Crippen molar-refractivity contribution in [3.63, 3.8) is 0 Å². The number of methoxy groups -OCH3 is 1. The third-order valence-electron chi connectivity index (χ3n) is 7.57. The smallest absolute Gasteiger partial charge is 0.307 e. The summed E-state index contributed by atoms with van der Waals surface area (Å²) in [6, 6.07) is 6.68. The summed E-state index contributed by atoms with van der Waals surface area (Å²) < 4.78 is 4.64.